The van der Waals surface area contributed by atoms with Crippen LogP contribution in [-0.4, -0.2) is 36.2 Å². The highest BCUT2D eigenvalue weighted by Gasteiger charge is 2.35. The number of hydrogen-bond donors (Lipinski definition) is 0. The van der Waals surface area contributed by atoms with Crippen molar-refractivity contribution in [2.24, 2.45) is 7.05 Å². The van der Waals surface area contributed by atoms with Crippen molar-refractivity contribution in [2.45, 2.75) is 51.1 Å². The Labute approximate surface area is 139 Å². The second-order valence-corrected chi connectivity index (χ2v) is 6.62. The summed E-state index contributed by atoms with van der Waals surface area (Å²) >= 11 is 0. The Morgan fingerprint density at radius 1 is 1.38 bits per heavy atom. The van der Waals surface area contributed by atoms with Gasteiger partial charge >= 0.3 is 0 Å². The Kier molecular flexibility index (Phi) is 3.70. The van der Waals surface area contributed by atoms with E-state index in [4.69, 9.17) is 0 Å². The fraction of sp³-hybridized carbons (Fsp3) is 0.529. The van der Waals surface area contributed by atoms with Crippen LogP contribution < -0.4 is 5.56 Å². The van der Waals surface area contributed by atoms with E-state index in [9.17, 15) is 9.59 Å². The molecule has 7 nitrogen and oxygen atoms in total. The van der Waals surface area contributed by atoms with Crippen LogP contribution in [0.4, 0.5) is 0 Å². The van der Waals surface area contributed by atoms with E-state index in [1.807, 2.05) is 4.90 Å². The molecule has 0 aliphatic heterocycles. The van der Waals surface area contributed by atoms with Gasteiger partial charge in [-0.3, -0.25) is 18.8 Å². The van der Waals surface area contributed by atoms with Gasteiger partial charge in [0.25, 0.3) is 5.56 Å². The van der Waals surface area contributed by atoms with Gasteiger partial charge in [0.2, 0.25) is 5.91 Å². The molecule has 0 atom stereocenters. The van der Waals surface area contributed by atoms with Gasteiger partial charge in [0.05, 0.1) is 6.20 Å². The van der Waals surface area contributed by atoms with Crippen molar-refractivity contribution in [3.8, 4) is 0 Å². The van der Waals surface area contributed by atoms with E-state index in [1.165, 1.54) is 23.5 Å². The van der Waals surface area contributed by atoms with Crippen molar-refractivity contribution >= 4 is 16.9 Å². The molecule has 2 aromatic rings. The Hall–Kier alpha value is -2.44. The predicted molar refractivity (Wildman–Crippen MR) is 89.2 cm³/mol. The minimum atomic E-state index is -0.213. The molecule has 1 amide bonds. The highest BCUT2D eigenvalue weighted by molar-refractivity contribution is 5.79. The average Bonchev–Trinajstić information content (AvgIpc) is 3.34. The smallest absolute Gasteiger partial charge is 0.264 e. The van der Waals surface area contributed by atoms with E-state index in [0.29, 0.717) is 17.1 Å². The molecule has 2 aliphatic carbocycles. The lowest BCUT2D eigenvalue weighted by molar-refractivity contribution is -0.130. The molecule has 0 N–H and O–H groups in total. The van der Waals surface area contributed by atoms with Crippen molar-refractivity contribution < 1.29 is 4.79 Å². The molecule has 0 saturated heterocycles. The number of carbonyl (C=O) groups is 1. The third kappa shape index (κ3) is 2.64. The molecule has 2 aliphatic rings. The second-order valence-electron chi connectivity index (χ2n) is 6.62. The number of allylic oxidation sites excluding steroid dienone is 2. The number of carbonyl (C=O) groups excluding carboxylic acids is 1. The van der Waals surface area contributed by atoms with Crippen molar-refractivity contribution in [3.05, 3.63) is 34.7 Å². The molecule has 126 valence electrons. The van der Waals surface area contributed by atoms with Crippen LogP contribution >= 0.6 is 0 Å². The summed E-state index contributed by atoms with van der Waals surface area (Å²) in [5.74, 6) is -0.0159. The van der Waals surface area contributed by atoms with Gasteiger partial charge in [0.15, 0.2) is 5.65 Å². The average molecular weight is 327 g/mol. The van der Waals surface area contributed by atoms with E-state index < -0.39 is 0 Å². The molecule has 1 saturated carbocycles. The standard InChI is InChI=1S/C17H21N5O2/c1-20-16-14(9-19-20)17(24)21(11-18-16)10-15(23)22(13-7-8-13)12-5-3-2-4-6-12/h5,9,11,13H,2-4,6-8,10H2,1H3. The van der Waals surface area contributed by atoms with Gasteiger partial charge in [-0.1, -0.05) is 6.08 Å². The van der Waals surface area contributed by atoms with Crippen LogP contribution in [0.5, 0.6) is 0 Å². The van der Waals surface area contributed by atoms with Crippen molar-refractivity contribution in [1.29, 1.82) is 0 Å². The summed E-state index contributed by atoms with van der Waals surface area (Å²) in [6, 6.07) is 0.313. The molecule has 4 rings (SSSR count). The number of hydrogen-bond acceptors (Lipinski definition) is 4. The first kappa shape index (κ1) is 15.1. The van der Waals surface area contributed by atoms with Gasteiger partial charge in [-0.25, -0.2) is 4.98 Å². The van der Waals surface area contributed by atoms with Crippen LogP contribution in [0.15, 0.2) is 29.1 Å². The van der Waals surface area contributed by atoms with Crippen LogP contribution in [-0.2, 0) is 18.4 Å². The summed E-state index contributed by atoms with van der Waals surface area (Å²) in [7, 11) is 1.74. The Morgan fingerprint density at radius 3 is 2.92 bits per heavy atom. The third-order valence-corrected chi connectivity index (χ3v) is 4.78. The molecule has 0 spiro atoms. The maximum Gasteiger partial charge on any atom is 0.264 e. The van der Waals surface area contributed by atoms with Crippen LogP contribution in [0.3, 0.4) is 0 Å². The monoisotopic (exact) mass is 327 g/mol. The maximum absolute atomic E-state index is 12.9. The fourth-order valence-electron chi connectivity index (χ4n) is 3.37. The Morgan fingerprint density at radius 2 is 2.21 bits per heavy atom. The number of amides is 1. The zero-order valence-corrected chi connectivity index (χ0v) is 13.8. The van der Waals surface area contributed by atoms with E-state index in [2.05, 4.69) is 16.2 Å². The minimum Gasteiger partial charge on any atom is -0.312 e. The van der Waals surface area contributed by atoms with Gasteiger partial charge in [0, 0.05) is 18.8 Å². The zero-order valence-electron chi connectivity index (χ0n) is 13.8. The topological polar surface area (TPSA) is 73.0 Å². The normalized spacial score (nSPS) is 17.8. The molecule has 2 heterocycles. The maximum atomic E-state index is 12.9. The molecule has 0 aromatic carbocycles. The highest BCUT2D eigenvalue weighted by Crippen LogP contribution is 2.33. The molecule has 2 aromatic heterocycles. The summed E-state index contributed by atoms with van der Waals surface area (Å²) in [6.45, 7) is 0.0322. The summed E-state index contributed by atoms with van der Waals surface area (Å²) in [5, 5.41) is 4.51. The molecule has 24 heavy (non-hydrogen) atoms. The highest BCUT2D eigenvalue weighted by atomic mass is 16.2. The van der Waals surface area contributed by atoms with E-state index in [1.54, 1.807) is 11.7 Å². The van der Waals surface area contributed by atoms with E-state index >= 15 is 0 Å². The van der Waals surface area contributed by atoms with Gasteiger partial charge in [-0.15, -0.1) is 0 Å². The van der Waals surface area contributed by atoms with Crippen molar-refractivity contribution in [3.63, 3.8) is 0 Å². The molecule has 1 fully saturated rings. The first-order chi connectivity index (χ1) is 11.6. The fourth-order valence-corrected chi connectivity index (χ4v) is 3.37. The number of aryl methyl sites for hydroxylation is 1. The molecular formula is C17H21N5O2. The quantitative estimate of drug-likeness (QED) is 0.854. The minimum absolute atomic E-state index is 0.0159. The largest absolute Gasteiger partial charge is 0.312 e. The lowest BCUT2D eigenvalue weighted by atomic mass is 10.0. The number of fused-ring (bicyclic) bond motifs is 1. The predicted octanol–water partition coefficient (Wildman–Crippen LogP) is 1.58. The Bertz CT molecular complexity index is 875. The number of aromatic nitrogens is 4. The van der Waals surface area contributed by atoms with Gasteiger partial charge in [-0.2, -0.15) is 5.10 Å². The van der Waals surface area contributed by atoms with Gasteiger partial charge in [0.1, 0.15) is 18.3 Å². The van der Waals surface area contributed by atoms with E-state index in [0.717, 1.165) is 37.8 Å². The van der Waals surface area contributed by atoms with Crippen LogP contribution in [0.1, 0.15) is 38.5 Å². The van der Waals surface area contributed by atoms with Crippen LogP contribution in [0, 0.1) is 0 Å². The van der Waals surface area contributed by atoms with Crippen molar-refractivity contribution in [2.75, 3.05) is 0 Å². The van der Waals surface area contributed by atoms with Gasteiger partial charge in [-0.05, 0) is 38.5 Å². The first-order valence-corrected chi connectivity index (χ1v) is 8.53. The molecule has 0 radical (unpaired) electrons. The Balaban J connectivity index is 1.61. The SMILES string of the molecule is Cn1ncc2c(=O)n(CC(=O)N(C3=CCCCC3)C3CC3)cnc21. The summed E-state index contributed by atoms with van der Waals surface area (Å²) in [5.41, 5.74) is 1.46. The van der Waals surface area contributed by atoms with Crippen molar-refractivity contribution in [1.82, 2.24) is 24.2 Å². The molecular weight excluding hydrogens is 306 g/mol. The van der Waals surface area contributed by atoms with Gasteiger partial charge < -0.3 is 4.90 Å². The molecule has 7 heteroatoms. The molecule has 0 bridgehead atoms. The first-order valence-electron chi connectivity index (χ1n) is 8.53. The van der Waals surface area contributed by atoms with Crippen LogP contribution in [0.2, 0.25) is 0 Å². The second kappa shape index (κ2) is 5.89. The number of nitrogens with zero attached hydrogens (tertiary/aromatic N) is 5. The summed E-state index contributed by atoms with van der Waals surface area (Å²) in [4.78, 5) is 31.6. The van der Waals surface area contributed by atoms with Crippen LogP contribution in [0.25, 0.3) is 11.0 Å². The lowest BCUT2D eigenvalue weighted by Crippen LogP contribution is -2.38. The number of rotatable bonds is 4. The lowest BCUT2D eigenvalue weighted by Gasteiger charge is -2.28. The summed E-state index contributed by atoms with van der Waals surface area (Å²) < 4.78 is 2.96. The summed E-state index contributed by atoms with van der Waals surface area (Å²) in [6.07, 6.45) is 11.6. The van der Waals surface area contributed by atoms with E-state index in [-0.39, 0.29) is 18.0 Å². The molecule has 0 unspecified atom stereocenters. The third-order valence-electron chi connectivity index (χ3n) is 4.78. The zero-order chi connectivity index (χ0) is 16.7.